The van der Waals surface area contributed by atoms with Gasteiger partial charge < -0.3 is 19.7 Å². The third kappa shape index (κ3) is 2.80. The number of ether oxygens (including phenoxy) is 2. The van der Waals surface area contributed by atoms with E-state index in [4.69, 9.17) is 9.47 Å². The van der Waals surface area contributed by atoms with Crippen molar-refractivity contribution < 1.29 is 19.7 Å². The maximum Gasteiger partial charge on any atom is 0.171 e. The van der Waals surface area contributed by atoms with E-state index in [-0.39, 0.29) is 29.3 Å². The lowest BCUT2D eigenvalue weighted by Gasteiger charge is -2.62. The van der Waals surface area contributed by atoms with Crippen molar-refractivity contribution in [2.24, 2.45) is 52.3 Å². The number of aliphatic hydroxyl groups excluding tert-OH is 2. The summed E-state index contributed by atoms with van der Waals surface area (Å²) in [5.41, 5.74) is 0.495. The van der Waals surface area contributed by atoms with Gasteiger partial charge in [-0.25, -0.2) is 0 Å². The molecule has 2 aliphatic heterocycles. The van der Waals surface area contributed by atoms with Crippen molar-refractivity contribution in [3.05, 3.63) is 0 Å². The van der Waals surface area contributed by atoms with Gasteiger partial charge in [-0.3, -0.25) is 0 Å². The molecule has 0 amide bonds. The van der Waals surface area contributed by atoms with Crippen molar-refractivity contribution in [1.82, 2.24) is 0 Å². The van der Waals surface area contributed by atoms with E-state index in [0.717, 1.165) is 45.1 Å². The summed E-state index contributed by atoms with van der Waals surface area (Å²) in [6, 6.07) is 0. The molecule has 0 bridgehead atoms. The highest BCUT2D eigenvalue weighted by molar-refractivity contribution is 5.16. The molecule has 2 saturated heterocycles. The van der Waals surface area contributed by atoms with E-state index in [1.54, 1.807) is 0 Å². The number of hydrogen-bond donors (Lipinski definition) is 2. The van der Waals surface area contributed by atoms with E-state index in [1.807, 2.05) is 0 Å². The fraction of sp³-hybridized carbons (Fsp3) is 1.00. The van der Waals surface area contributed by atoms with Crippen LogP contribution < -0.4 is 0 Å². The largest absolute Gasteiger partial charge is 0.393 e. The van der Waals surface area contributed by atoms with Crippen LogP contribution in [-0.2, 0) is 9.47 Å². The smallest absolute Gasteiger partial charge is 0.171 e. The molecule has 0 aromatic rings. The Morgan fingerprint density at radius 3 is 2.32 bits per heavy atom. The fourth-order valence-electron chi connectivity index (χ4n) is 10.3. The quantitative estimate of drug-likeness (QED) is 0.579. The Morgan fingerprint density at radius 2 is 1.58 bits per heavy atom. The van der Waals surface area contributed by atoms with Crippen molar-refractivity contribution in [2.75, 3.05) is 6.61 Å². The molecule has 2 heterocycles. The minimum Gasteiger partial charge on any atom is -0.393 e. The summed E-state index contributed by atoms with van der Waals surface area (Å²) in [5, 5.41) is 21.5. The van der Waals surface area contributed by atoms with Crippen molar-refractivity contribution in [3.8, 4) is 0 Å². The molecule has 13 atom stereocenters. The minimum absolute atomic E-state index is 0.191. The van der Waals surface area contributed by atoms with Crippen LogP contribution in [0.3, 0.4) is 0 Å². The summed E-state index contributed by atoms with van der Waals surface area (Å²) in [5.74, 6) is 3.58. The van der Waals surface area contributed by atoms with Gasteiger partial charge in [0.1, 0.15) is 0 Å². The second kappa shape index (κ2) is 6.93. The SMILES string of the molecule is CC1C2C(C[C@H]3[C@@H]4C[C@H](O)[C@H]5C[C@@H](O)CC[C@]5(C)[C@H]4CC[C@]23C)O[C@]12CC[C@H](C)CO2. The summed E-state index contributed by atoms with van der Waals surface area (Å²) in [6.45, 7) is 10.6. The summed E-state index contributed by atoms with van der Waals surface area (Å²) in [4.78, 5) is 0. The molecule has 0 aromatic carbocycles. The summed E-state index contributed by atoms with van der Waals surface area (Å²) in [6.07, 6.45) is 9.58. The van der Waals surface area contributed by atoms with Crippen molar-refractivity contribution >= 4 is 0 Å². The Labute approximate surface area is 188 Å². The van der Waals surface area contributed by atoms with Crippen molar-refractivity contribution in [2.45, 2.75) is 110 Å². The molecule has 6 fully saturated rings. The molecule has 31 heavy (non-hydrogen) atoms. The lowest BCUT2D eigenvalue weighted by molar-refractivity contribution is -0.273. The highest BCUT2D eigenvalue weighted by atomic mass is 16.7. The molecule has 1 spiro atoms. The van der Waals surface area contributed by atoms with E-state index in [9.17, 15) is 10.2 Å². The van der Waals surface area contributed by atoms with Crippen LogP contribution in [-0.4, -0.2) is 40.9 Å². The third-order valence-electron chi connectivity index (χ3n) is 11.9. The monoisotopic (exact) mass is 432 g/mol. The number of hydrogen-bond acceptors (Lipinski definition) is 4. The van der Waals surface area contributed by atoms with Crippen LogP contribution in [0.4, 0.5) is 0 Å². The van der Waals surface area contributed by atoms with Crippen molar-refractivity contribution in [3.63, 3.8) is 0 Å². The first-order valence-corrected chi connectivity index (χ1v) is 13.4. The molecule has 3 unspecified atom stereocenters. The molecular weight excluding hydrogens is 388 g/mol. The Balaban J connectivity index is 1.28. The van der Waals surface area contributed by atoms with Crippen molar-refractivity contribution in [1.29, 1.82) is 0 Å². The van der Waals surface area contributed by atoms with Crippen LogP contribution in [0.2, 0.25) is 0 Å². The summed E-state index contributed by atoms with van der Waals surface area (Å²) < 4.78 is 13.3. The first-order chi connectivity index (χ1) is 14.7. The lowest BCUT2D eigenvalue weighted by Crippen LogP contribution is -2.58. The van der Waals surface area contributed by atoms with Crippen LogP contribution in [0.25, 0.3) is 0 Å². The topological polar surface area (TPSA) is 58.9 Å². The Kier molecular flexibility index (Phi) is 4.78. The van der Waals surface area contributed by atoms with Gasteiger partial charge in [-0.2, -0.15) is 0 Å². The average Bonchev–Trinajstić information content (AvgIpc) is 3.17. The zero-order valence-corrected chi connectivity index (χ0v) is 20.1. The second-order valence-electron chi connectivity index (χ2n) is 13.2. The molecule has 4 heteroatoms. The molecule has 6 rings (SSSR count). The number of fused-ring (bicyclic) bond motifs is 7. The number of rotatable bonds is 0. The first kappa shape index (κ1) is 21.4. The molecule has 0 aromatic heterocycles. The van der Waals surface area contributed by atoms with Crippen LogP contribution >= 0.6 is 0 Å². The first-order valence-electron chi connectivity index (χ1n) is 13.4. The van der Waals surface area contributed by atoms with Gasteiger partial charge in [0.2, 0.25) is 0 Å². The van der Waals surface area contributed by atoms with Crippen LogP contribution in [0.5, 0.6) is 0 Å². The van der Waals surface area contributed by atoms with Gasteiger partial charge in [0.05, 0.1) is 24.9 Å². The van der Waals surface area contributed by atoms with Crippen LogP contribution in [0, 0.1) is 52.3 Å². The van der Waals surface area contributed by atoms with E-state index in [0.29, 0.717) is 47.0 Å². The third-order valence-corrected chi connectivity index (χ3v) is 11.9. The molecular formula is C27H44O4. The predicted molar refractivity (Wildman–Crippen MR) is 119 cm³/mol. The second-order valence-corrected chi connectivity index (χ2v) is 13.2. The van der Waals surface area contributed by atoms with E-state index < -0.39 is 0 Å². The molecule has 4 aliphatic carbocycles. The fourth-order valence-corrected chi connectivity index (χ4v) is 10.3. The van der Waals surface area contributed by atoms with Crippen LogP contribution in [0.15, 0.2) is 0 Å². The maximum atomic E-state index is 11.2. The van der Waals surface area contributed by atoms with Crippen LogP contribution in [0.1, 0.15) is 85.5 Å². The molecule has 6 aliphatic rings. The molecule has 4 nitrogen and oxygen atoms in total. The van der Waals surface area contributed by atoms with Gasteiger partial charge in [0.25, 0.3) is 0 Å². The van der Waals surface area contributed by atoms with Gasteiger partial charge in [-0.15, -0.1) is 0 Å². The van der Waals surface area contributed by atoms with E-state index >= 15 is 0 Å². The molecule has 176 valence electrons. The zero-order chi connectivity index (χ0) is 21.8. The zero-order valence-electron chi connectivity index (χ0n) is 20.1. The number of aliphatic hydroxyl groups is 2. The normalized spacial score (nSPS) is 63.3. The van der Waals surface area contributed by atoms with Gasteiger partial charge in [0, 0.05) is 12.3 Å². The van der Waals surface area contributed by atoms with Gasteiger partial charge in [0.15, 0.2) is 5.79 Å². The highest BCUT2D eigenvalue weighted by Crippen LogP contribution is 2.71. The maximum absolute atomic E-state index is 11.2. The Bertz CT molecular complexity index is 716. The van der Waals surface area contributed by atoms with Gasteiger partial charge in [-0.1, -0.05) is 27.7 Å². The Morgan fingerprint density at radius 1 is 0.806 bits per heavy atom. The summed E-state index contributed by atoms with van der Waals surface area (Å²) >= 11 is 0. The van der Waals surface area contributed by atoms with Gasteiger partial charge >= 0.3 is 0 Å². The van der Waals surface area contributed by atoms with E-state index in [2.05, 4.69) is 27.7 Å². The molecule has 4 saturated carbocycles. The lowest BCUT2D eigenvalue weighted by atomic mass is 9.43. The van der Waals surface area contributed by atoms with E-state index in [1.165, 1.54) is 19.3 Å². The standard InChI is InChI=1S/C27H44O4/c1-15-5-10-27(30-14-15)16(2)24-23(31-27)13-20-18-12-22(29)21-11-17(28)6-8-25(21,3)19(18)7-9-26(20,24)4/h15-24,28-29H,5-14H2,1-4H3/t15-,16?,17-,18+,19-,20-,21+,22-,23?,24?,25+,26-,27+/m0/s1. The predicted octanol–water partition coefficient (Wildman–Crippen LogP) is 4.76. The summed E-state index contributed by atoms with van der Waals surface area (Å²) in [7, 11) is 0. The minimum atomic E-state index is -0.338. The molecule has 2 N–H and O–H groups in total. The highest BCUT2D eigenvalue weighted by Gasteiger charge is 2.69. The Hall–Kier alpha value is -0.160. The average molecular weight is 433 g/mol. The molecule has 0 radical (unpaired) electrons. The van der Waals surface area contributed by atoms with Gasteiger partial charge in [-0.05, 0) is 97.7 Å².